The molecule has 0 aliphatic carbocycles. The van der Waals surface area contributed by atoms with Crippen molar-refractivity contribution in [2.24, 2.45) is 18.5 Å². The first-order chi connectivity index (χ1) is 17.3. The molecule has 11 heteroatoms. The monoisotopic (exact) mass is 554 g/mol. The number of amides is 1. The van der Waals surface area contributed by atoms with Crippen molar-refractivity contribution >= 4 is 53.4 Å². The highest BCUT2D eigenvalue weighted by Crippen LogP contribution is 2.20. The number of nitrogen functional groups attached to an aromatic ring is 1. The quantitative estimate of drug-likeness (QED) is 0.173. The molecule has 0 aliphatic heterocycles. The third-order valence-electron chi connectivity index (χ3n) is 6.16. The van der Waals surface area contributed by atoms with Crippen molar-refractivity contribution in [3.8, 4) is 0 Å². The second kappa shape index (κ2) is 13.6. The van der Waals surface area contributed by atoms with Gasteiger partial charge in [-0.05, 0) is 41.8 Å². The van der Waals surface area contributed by atoms with Gasteiger partial charge in [-0.3, -0.25) is 20.6 Å². The maximum atomic E-state index is 13.4. The smallest absolute Gasteiger partial charge is 0.254 e. The third kappa shape index (κ3) is 7.30. The summed E-state index contributed by atoms with van der Waals surface area (Å²) in [6.45, 7) is 0.727. The second-order valence-electron chi connectivity index (χ2n) is 8.76. The van der Waals surface area contributed by atoms with Crippen LogP contribution in [0.3, 0.4) is 0 Å². The van der Waals surface area contributed by atoms with Gasteiger partial charge in [0.05, 0.1) is 16.9 Å². The highest BCUT2D eigenvalue weighted by Gasteiger charge is 2.18. The van der Waals surface area contributed by atoms with Gasteiger partial charge in [0.25, 0.3) is 5.91 Å². The number of hydrogen-bond acceptors (Lipinski definition) is 5. The zero-order chi connectivity index (χ0) is 25.7. The summed E-state index contributed by atoms with van der Waals surface area (Å²) in [5, 5.41) is 15.1. The number of hydrogen-bond donors (Lipinski definition) is 4. The van der Waals surface area contributed by atoms with Gasteiger partial charge in [0.1, 0.15) is 11.7 Å². The molecule has 0 atom stereocenters. The number of carbonyl (C=O) groups excluding carboxylic acids is 1. The maximum Gasteiger partial charge on any atom is 0.254 e. The topological polar surface area (TPSA) is 151 Å². The Hall–Kier alpha value is -3.95. The molecule has 200 valence electrons. The van der Waals surface area contributed by atoms with Gasteiger partial charge in [-0.1, -0.05) is 30.3 Å². The fourth-order valence-corrected chi connectivity index (χ4v) is 4.12. The molecule has 0 saturated heterocycles. The summed E-state index contributed by atoms with van der Waals surface area (Å²) in [5.41, 5.74) is 16.1. The molecule has 0 spiro atoms. The molecular formula is C27H32Cl2N8O. The average Bonchev–Trinajstić information content (AvgIpc) is 3.20. The molecule has 0 aliphatic rings. The van der Waals surface area contributed by atoms with Gasteiger partial charge in [0.15, 0.2) is 0 Å². The fraction of sp³-hybridized carbons (Fsp3) is 0.222. The third-order valence-corrected chi connectivity index (χ3v) is 6.16. The molecule has 0 bridgehead atoms. The standard InChI is InChI=1S/C27H30N8O.2ClH/c1-34-23-10-9-21(27(36)35(14-12-24(28)29)17-19-3-2-13-32-16-19)15-22(23)33-25(34)11-6-18-4-7-20(8-5-18)26(30)31;;/h2-5,7-10,13,15-16H,6,11-12,14,17H2,1H3,(H3,28,29)(H3,30,31);2*1H. The lowest BCUT2D eigenvalue weighted by atomic mass is 10.1. The largest absolute Gasteiger partial charge is 0.388 e. The van der Waals surface area contributed by atoms with E-state index in [1.54, 1.807) is 17.3 Å². The van der Waals surface area contributed by atoms with E-state index in [1.807, 2.05) is 61.6 Å². The van der Waals surface area contributed by atoms with Gasteiger partial charge in [-0.25, -0.2) is 4.98 Å². The highest BCUT2D eigenvalue weighted by atomic mass is 35.5. The lowest BCUT2D eigenvalue weighted by Gasteiger charge is -2.22. The minimum atomic E-state index is -0.139. The molecule has 38 heavy (non-hydrogen) atoms. The molecule has 9 nitrogen and oxygen atoms in total. The Labute approximate surface area is 234 Å². The number of nitrogens with two attached hydrogens (primary N) is 2. The molecule has 6 N–H and O–H groups in total. The van der Waals surface area contributed by atoms with E-state index in [1.165, 1.54) is 0 Å². The number of nitrogens with zero attached hydrogens (tertiary/aromatic N) is 4. The van der Waals surface area contributed by atoms with Crippen LogP contribution >= 0.6 is 24.8 Å². The van der Waals surface area contributed by atoms with Crippen LogP contribution in [-0.2, 0) is 26.4 Å². The Morgan fingerprint density at radius 1 is 0.974 bits per heavy atom. The molecule has 0 fully saturated rings. The van der Waals surface area contributed by atoms with Crippen LogP contribution in [0.4, 0.5) is 0 Å². The number of imidazole rings is 1. The van der Waals surface area contributed by atoms with Crippen molar-refractivity contribution in [2.45, 2.75) is 25.8 Å². The van der Waals surface area contributed by atoms with Gasteiger partial charge in [0.2, 0.25) is 0 Å². The van der Waals surface area contributed by atoms with Crippen LogP contribution in [0.2, 0.25) is 0 Å². The molecule has 4 rings (SSSR count). The number of nitrogens with one attached hydrogen (secondary N) is 2. The molecule has 0 radical (unpaired) electrons. The Morgan fingerprint density at radius 2 is 1.68 bits per heavy atom. The number of aromatic nitrogens is 3. The van der Waals surface area contributed by atoms with E-state index in [0.29, 0.717) is 30.6 Å². The van der Waals surface area contributed by atoms with Crippen LogP contribution in [0.25, 0.3) is 11.0 Å². The van der Waals surface area contributed by atoms with Gasteiger partial charge in [0, 0.05) is 56.5 Å². The Balaban J connectivity index is 0.00000253. The summed E-state index contributed by atoms with van der Waals surface area (Å²) in [6.07, 6.45) is 5.26. The van der Waals surface area contributed by atoms with Gasteiger partial charge in [-0.15, -0.1) is 24.8 Å². The summed E-state index contributed by atoms with van der Waals surface area (Å²) in [4.78, 5) is 24.1. The van der Waals surface area contributed by atoms with Crippen LogP contribution in [0.15, 0.2) is 67.0 Å². The number of amidine groups is 2. The highest BCUT2D eigenvalue weighted by molar-refractivity contribution is 5.97. The lowest BCUT2D eigenvalue weighted by Crippen LogP contribution is -2.33. The number of fused-ring (bicyclic) bond motifs is 1. The van der Waals surface area contributed by atoms with E-state index >= 15 is 0 Å². The molecular weight excluding hydrogens is 523 g/mol. The van der Waals surface area contributed by atoms with E-state index in [0.717, 1.165) is 40.8 Å². The molecule has 1 amide bonds. The van der Waals surface area contributed by atoms with Crippen LogP contribution in [0, 0.1) is 10.8 Å². The number of aryl methyl sites for hydroxylation is 3. The first-order valence-corrected chi connectivity index (χ1v) is 11.7. The SMILES string of the molecule is Cl.Cl.Cn1c(CCc2ccc(C(=N)N)cc2)nc2cc(C(=O)N(CCC(=N)N)Cc3cccnc3)ccc21. The normalized spacial score (nSPS) is 10.3. The Morgan fingerprint density at radius 3 is 2.32 bits per heavy atom. The van der Waals surface area contributed by atoms with Gasteiger partial charge in [-0.2, -0.15) is 0 Å². The maximum absolute atomic E-state index is 13.4. The summed E-state index contributed by atoms with van der Waals surface area (Å²) in [6, 6.07) is 17.0. The van der Waals surface area contributed by atoms with Crippen LogP contribution in [0.1, 0.15) is 39.3 Å². The van der Waals surface area contributed by atoms with Crippen molar-refractivity contribution in [3.05, 3.63) is 95.1 Å². The number of benzene rings is 2. The van der Waals surface area contributed by atoms with E-state index < -0.39 is 0 Å². The predicted octanol–water partition coefficient (Wildman–Crippen LogP) is 3.85. The summed E-state index contributed by atoms with van der Waals surface area (Å²) >= 11 is 0. The molecule has 4 aromatic rings. The number of carbonyl (C=O) groups is 1. The van der Waals surface area contributed by atoms with E-state index in [2.05, 4.69) is 9.55 Å². The van der Waals surface area contributed by atoms with E-state index in [-0.39, 0.29) is 42.4 Å². The van der Waals surface area contributed by atoms with Crippen LogP contribution in [-0.4, -0.2) is 43.6 Å². The lowest BCUT2D eigenvalue weighted by molar-refractivity contribution is 0.0748. The van der Waals surface area contributed by atoms with Crippen molar-refractivity contribution in [1.29, 1.82) is 10.8 Å². The van der Waals surface area contributed by atoms with Gasteiger partial charge >= 0.3 is 0 Å². The summed E-state index contributed by atoms with van der Waals surface area (Å²) in [7, 11) is 1.98. The molecule has 0 saturated carbocycles. The zero-order valence-electron chi connectivity index (χ0n) is 21.1. The zero-order valence-corrected chi connectivity index (χ0v) is 22.7. The Bertz CT molecular complexity index is 1400. The van der Waals surface area contributed by atoms with Crippen molar-refractivity contribution < 1.29 is 4.79 Å². The first kappa shape index (κ1) is 30.3. The fourth-order valence-electron chi connectivity index (χ4n) is 4.12. The molecule has 2 heterocycles. The van der Waals surface area contributed by atoms with Crippen LogP contribution < -0.4 is 11.5 Å². The summed E-state index contributed by atoms with van der Waals surface area (Å²) in [5.74, 6) is 0.885. The van der Waals surface area contributed by atoms with Crippen molar-refractivity contribution in [1.82, 2.24) is 19.4 Å². The number of pyridine rings is 1. The first-order valence-electron chi connectivity index (χ1n) is 11.7. The van der Waals surface area contributed by atoms with Crippen molar-refractivity contribution in [2.75, 3.05) is 6.54 Å². The molecule has 2 aromatic heterocycles. The predicted molar refractivity (Wildman–Crippen MR) is 156 cm³/mol. The average molecular weight is 556 g/mol. The molecule has 2 aromatic carbocycles. The number of rotatable bonds is 10. The Kier molecular flexibility index (Phi) is 10.8. The van der Waals surface area contributed by atoms with Crippen molar-refractivity contribution in [3.63, 3.8) is 0 Å². The van der Waals surface area contributed by atoms with E-state index in [4.69, 9.17) is 27.3 Å². The summed E-state index contributed by atoms with van der Waals surface area (Å²) < 4.78 is 2.05. The minimum Gasteiger partial charge on any atom is -0.388 e. The van der Waals surface area contributed by atoms with Gasteiger partial charge < -0.3 is 20.9 Å². The second-order valence-corrected chi connectivity index (χ2v) is 8.76. The molecule has 0 unspecified atom stereocenters. The van der Waals surface area contributed by atoms with Crippen LogP contribution in [0.5, 0.6) is 0 Å². The minimum absolute atomic E-state index is 0. The van der Waals surface area contributed by atoms with E-state index in [9.17, 15) is 4.79 Å². The number of halogens is 2.